The summed E-state index contributed by atoms with van der Waals surface area (Å²) in [6.45, 7) is 6.01. The summed E-state index contributed by atoms with van der Waals surface area (Å²) in [4.78, 5) is 0. The van der Waals surface area contributed by atoms with Gasteiger partial charge in [0.15, 0.2) is 0 Å². The van der Waals surface area contributed by atoms with E-state index in [-0.39, 0.29) is 0 Å². The van der Waals surface area contributed by atoms with E-state index in [4.69, 9.17) is 0 Å². The second-order valence-electron chi connectivity index (χ2n) is 6.64. The van der Waals surface area contributed by atoms with Crippen LogP contribution in [-0.4, -0.2) is 5.11 Å². The fraction of sp³-hybridized carbons (Fsp3) is 0.647. The molecule has 1 aromatic carbocycles. The van der Waals surface area contributed by atoms with Crippen LogP contribution in [0.1, 0.15) is 56.2 Å². The van der Waals surface area contributed by atoms with Crippen molar-refractivity contribution in [3.05, 3.63) is 34.9 Å². The van der Waals surface area contributed by atoms with E-state index in [0.717, 1.165) is 25.0 Å². The molecule has 2 rings (SSSR count). The van der Waals surface area contributed by atoms with Crippen molar-refractivity contribution in [2.45, 2.75) is 58.2 Å². The molecular weight excluding hydrogens is 277 g/mol. The SMILES string of the molecule is Cc1cc(C(F)(F)F)ccc1C1(O)CCC(C(C)C)CC1. The van der Waals surface area contributed by atoms with Crippen LogP contribution in [0.2, 0.25) is 0 Å². The van der Waals surface area contributed by atoms with Gasteiger partial charge < -0.3 is 5.11 Å². The predicted octanol–water partition coefficient (Wildman–Crippen LogP) is 5.05. The second kappa shape index (κ2) is 5.64. The molecule has 1 aromatic rings. The van der Waals surface area contributed by atoms with Crippen LogP contribution in [0, 0.1) is 18.8 Å². The molecule has 1 nitrogen and oxygen atoms in total. The molecule has 0 bridgehead atoms. The van der Waals surface area contributed by atoms with Gasteiger partial charge in [0.1, 0.15) is 0 Å². The molecule has 0 aromatic heterocycles. The number of aryl methyl sites for hydroxylation is 1. The molecule has 118 valence electrons. The van der Waals surface area contributed by atoms with Crippen molar-refractivity contribution in [1.82, 2.24) is 0 Å². The van der Waals surface area contributed by atoms with Gasteiger partial charge in [0.05, 0.1) is 11.2 Å². The molecule has 4 heteroatoms. The first-order valence-electron chi connectivity index (χ1n) is 7.54. The zero-order chi connectivity index (χ0) is 15.8. The number of hydrogen-bond donors (Lipinski definition) is 1. The van der Waals surface area contributed by atoms with Gasteiger partial charge in [-0.05, 0) is 67.7 Å². The lowest BCUT2D eigenvalue weighted by Crippen LogP contribution is -2.33. The van der Waals surface area contributed by atoms with E-state index in [1.165, 1.54) is 6.07 Å². The van der Waals surface area contributed by atoms with Crippen molar-refractivity contribution in [1.29, 1.82) is 0 Å². The van der Waals surface area contributed by atoms with E-state index >= 15 is 0 Å². The third-order valence-corrected chi connectivity index (χ3v) is 4.86. The van der Waals surface area contributed by atoms with Crippen molar-refractivity contribution in [2.24, 2.45) is 11.8 Å². The molecule has 21 heavy (non-hydrogen) atoms. The minimum absolute atomic E-state index is 0.523. The third kappa shape index (κ3) is 3.42. The molecule has 0 unspecified atom stereocenters. The summed E-state index contributed by atoms with van der Waals surface area (Å²) in [6, 6.07) is 3.67. The maximum atomic E-state index is 12.7. The molecule has 0 saturated heterocycles. The summed E-state index contributed by atoms with van der Waals surface area (Å²) in [7, 11) is 0. The monoisotopic (exact) mass is 300 g/mol. The van der Waals surface area contributed by atoms with Crippen molar-refractivity contribution >= 4 is 0 Å². The van der Waals surface area contributed by atoms with Crippen LogP contribution in [-0.2, 0) is 11.8 Å². The van der Waals surface area contributed by atoms with Crippen molar-refractivity contribution < 1.29 is 18.3 Å². The predicted molar refractivity (Wildman–Crippen MR) is 76.9 cm³/mol. The largest absolute Gasteiger partial charge is 0.416 e. The van der Waals surface area contributed by atoms with Crippen molar-refractivity contribution in [2.75, 3.05) is 0 Å². The first-order valence-corrected chi connectivity index (χ1v) is 7.54. The van der Waals surface area contributed by atoms with Crippen LogP contribution in [0.15, 0.2) is 18.2 Å². The first kappa shape index (κ1) is 16.3. The van der Waals surface area contributed by atoms with Crippen LogP contribution in [0.5, 0.6) is 0 Å². The minimum atomic E-state index is -4.33. The molecule has 1 fully saturated rings. The molecule has 0 radical (unpaired) electrons. The summed E-state index contributed by atoms with van der Waals surface area (Å²) in [5, 5.41) is 10.8. The minimum Gasteiger partial charge on any atom is -0.385 e. The van der Waals surface area contributed by atoms with E-state index in [1.54, 1.807) is 6.92 Å². The van der Waals surface area contributed by atoms with E-state index in [9.17, 15) is 18.3 Å². The Labute approximate surface area is 124 Å². The van der Waals surface area contributed by atoms with E-state index < -0.39 is 17.3 Å². The molecular formula is C17H23F3O. The number of benzene rings is 1. The van der Waals surface area contributed by atoms with Gasteiger partial charge >= 0.3 is 6.18 Å². The Balaban J connectivity index is 2.23. The Morgan fingerprint density at radius 1 is 1.19 bits per heavy atom. The zero-order valence-electron chi connectivity index (χ0n) is 12.8. The molecule has 1 aliphatic carbocycles. The van der Waals surface area contributed by atoms with Gasteiger partial charge in [0.2, 0.25) is 0 Å². The van der Waals surface area contributed by atoms with Gasteiger partial charge in [-0.2, -0.15) is 13.2 Å². The molecule has 0 spiro atoms. The molecule has 1 aliphatic rings. The number of aliphatic hydroxyl groups is 1. The van der Waals surface area contributed by atoms with Crippen LogP contribution in [0.25, 0.3) is 0 Å². The fourth-order valence-electron chi connectivity index (χ4n) is 3.42. The first-order chi connectivity index (χ1) is 9.63. The van der Waals surface area contributed by atoms with Gasteiger partial charge in [-0.25, -0.2) is 0 Å². The second-order valence-corrected chi connectivity index (χ2v) is 6.64. The van der Waals surface area contributed by atoms with Gasteiger partial charge in [-0.3, -0.25) is 0 Å². The molecule has 0 aliphatic heterocycles. The smallest absolute Gasteiger partial charge is 0.385 e. The third-order valence-electron chi connectivity index (χ3n) is 4.86. The maximum absolute atomic E-state index is 12.7. The Bertz CT molecular complexity index is 497. The standard InChI is InChI=1S/C17H23F3O/c1-11(2)13-6-8-16(21,9-7-13)15-5-4-14(10-12(15)3)17(18,19)20/h4-5,10-11,13,21H,6-9H2,1-3H3. The highest BCUT2D eigenvalue weighted by Crippen LogP contribution is 2.43. The average Bonchev–Trinajstić information content (AvgIpc) is 2.37. The lowest BCUT2D eigenvalue weighted by Gasteiger charge is -2.38. The summed E-state index contributed by atoms with van der Waals surface area (Å²) in [6.07, 6.45) is -1.23. The highest BCUT2D eigenvalue weighted by Gasteiger charge is 2.38. The normalized spacial score (nSPS) is 27.1. The average molecular weight is 300 g/mol. The Hall–Kier alpha value is -1.03. The highest BCUT2D eigenvalue weighted by molar-refractivity contribution is 5.36. The quantitative estimate of drug-likeness (QED) is 0.810. The summed E-state index contributed by atoms with van der Waals surface area (Å²) >= 11 is 0. The summed E-state index contributed by atoms with van der Waals surface area (Å²) in [5.41, 5.74) is -0.448. The fourth-order valence-corrected chi connectivity index (χ4v) is 3.42. The van der Waals surface area contributed by atoms with Gasteiger partial charge in [-0.15, -0.1) is 0 Å². The lowest BCUT2D eigenvalue weighted by molar-refractivity contribution is -0.137. The van der Waals surface area contributed by atoms with E-state index in [1.807, 2.05) is 0 Å². The van der Waals surface area contributed by atoms with E-state index in [2.05, 4.69) is 13.8 Å². The van der Waals surface area contributed by atoms with Crippen molar-refractivity contribution in [3.63, 3.8) is 0 Å². The van der Waals surface area contributed by atoms with Crippen LogP contribution in [0.4, 0.5) is 13.2 Å². The van der Waals surface area contributed by atoms with Crippen LogP contribution >= 0.6 is 0 Å². The van der Waals surface area contributed by atoms with E-state index in [0.29, 0.717) is 35.8 Å². The zero-order valence-corrected chi connectivity index (χ0v) is 12.8. The number of alkyl halides is 3. The van der Waals surface area contributed by atoms with Gasteiger partial charge in [-0.1, -0.05) is 19.9 Å². The molecule has 1 saturated carbocycles. The molecule has 1 N–H and O–H groups in total. The molecule has 0 amide bonds. The van der Waals surface area contributed by atoms with Crippen LogP contribution < -0.4 is 0 Å². The number of halogens is 3. The van der Waals surface area contributed by atoms with Crippen molar-refractivity contribution in [3.8, 4) is 0 Å². The summed E-state index contributed by atoms with van der Waals surface area (Å²) < 4.78 is 38.1. The Kier molecular flexibility index (Phi) is 4.39. The maximum Gasteiger partial charge on any atom is 0.416 e. The molecule has 0 atom stereocenters. The Morgan fingerprint density at radius 3 is 2.19 bits per heavy atom. The Morgan fingerprint density at radius 2 is 1.76 bits per heavy atom. The van der Waals surface area contributed by atoms with Gasteiger partial charge in [0.25, 0.3) is 0 Å². The summed E-state index contributed by atoms with van der Waals surface area (Å²) in [5.74, 6) is 1.18. The topological polar surface area (TPSA) is 20.2 Å². The van der Waals surface area contributed by atoms with Gasteiger partial charge in [0, 0.05) is 0 Å². The number of rotatable bonds is 2. The molecule has 0 heterocycles. The highest BCUT2D eigenvalue weighted by atomic mass is 19.4. The number of hydrogen-bond acceptors (Lipinski definition) is 1. The van der Waals surface area contributed by atoms with Crippen LogP contribution in [0.3, 0.4) is 0 Å². The lowest BCUT2D eigenvalue weighted by atomic mass is 9.71.